The first kappa shape index (κ1) is 18.8. The Labute approximate surface area is 123 Å². The van der Waals surface area contributed by atoms with Gasteiger partial charge in [-0.15, -0.1) is 0 Å². The van der Waals surface area contributed by atoms with Crippen LogP contribution < -0.4 is 17.6 Å². The van der Waals surface area contributed by atoms with Crippen LogP contribution in [-0.4, -0.2) is 37.5 Å². The van der Waals surface area contributed by atoms with E-state index in [-0.39, 0.29) is 41.6 Å². The van der Waals surface area contributed by atoms with Gasteiger partial charge in [0.15, 0.2) is 8.32 Å². The second-order valence-electron chi connectivity index (χ2n) is 4.01. The topological polar surface area (TPSA) is 9.23 Å². The maximum Gasteiger partial charge on any atom is 2.00 e. The summed E-state index contributed by atoms with van der Waals surface area (Å²) in [6, 6.07) is 11.4. The van der Waals surface area contributed by atoms with Crippen LogP contribution in [0.3, 0.4) is 0 Å². The van der Waals surface area contributed by atoms with E-state index in [1.165, 1.54) is 5.19 Å². The third-order valence-electron chi connectivity index (χ3n) is 2.36. The number of hydrogen-bond acceptors (Lipinski definition) is 1. The molecule has 0 aromatic heterocycles. The summed E-state index contributed by atoms with van der Waals surface area (Å²) >= 11 is 0. The molecule has 1 atom stereocenters. The van der Waals surface area contributed by atoms with Crippen molar-refractivity contribution in [2.45, 2.75) is 32.5 Å². The van der Waals surface area contributed by atoms with Crippen LogP contribution in [0.15, 0.2) is 30.3 Å². The van der Waals surface area contributed by atoms with Gasteiger partial charge in [0.25, 0.3) is 0 Å². The van der Waals surface area contributed by atoms with E-state index < -0.39 is 8.32 Å². The van der Waals surface area contributed by atoms with Crippen LogP contribution in [0.1, 0.15) is 13.8 Å². The summed E-state index contributed by atoms with van der Waals surface area (Å²) in [5.41, 5.74) is 0. The fraction of sp³-hybridized carbons (Fsp3) is 0.417. The van der Waals surface area contributed by atoms with Gasteiger partial charge in [0, 0.05) is 6.10 Å². The fourth-order valence-corrected chi connectivity index (χ4v) is 4.06. The molecule has 0 fully saturated rings. The van der Waals surface area contributed by atoms with E-state index in [0.717, 1.165) is 6.04 Å². The molecule has 86 valence electrons. The largest absolute Gasteiger partial charge is 2.00 e. The molecule has 0 bridgehead atoms. The molecule has 0 aliphatic carbocycles. The first-order valence-corrected chi connectivity index (χ1v) is 7.72. The molecule has 1 nitrogen and oxygen atoms in total. The molecule has 0 amide bonds. The van der Waals surface area contributed by atoms with Gasteiger partial charge in [-0.3, -0.25) is 0 Å². The average molecular weight is 267 g/mol. The Bertz CT molecular complexity index is 282. The van der Waals surface area contributed by atoms with Gasteiger partial charge in [-0.1, -0.05) is 30.3 Å². The van der Waals surface area contributed by atoms with Crippen LogP contribution in [-0.2, 0) is 4.43 Å². The Morgan fingerprint density at radius 1 is 1.25 bits per heavy atom. The van der Waals surface area contributed by atoms with Gasteiger partial charge in [0.05, 0.1) is 0 Å². The van der Waals surface area contributed by atoms with Crippen LogP contribution in [0.25, 0.3) is 0 Å². The van der Waals surface area contributed by atoms with Gasteiger partial charge in [-0.05, 0) is 25.6 Å². The van der Waals surface area contributed by atoms with Crippen molar-refractivity contribution in [1.82, 2.24) is 0 Å². The van der Waals surface area contributed by atoms with Crippen molar-refractivity contribution < 1.29 is 16.8 Å². The first-order chi connectivity index (χ1) is 6.58. The zero-order valence-corrected chi connectivity index (χ0v) is 13.5. The third kappa shape index (κ3) is 5.19. The number of benzene rings is 1. The van der Waals surface area contributed by atoms with Crippen molar-refractivity contribution in [3.63, 3.8) is 0 Å². The maximum atomic E-state index is 6.05. The quantitative estimate of drug-likeness (QED) is 0.520. The molecule has 0 saturated carbocycles. The average Bonchev–Trinajstić information content (AvgIpc) is 2.18. The molecule has 0 N–H and O–H groups in total. The van der Waals surface area contributed by atoms with Crippen LogP contribution >= 0.6 is 0 Å². The molecule has 1 unspecified atom stereocenters. The van der Waals surface area contributed by atoms with Crippen molar-refractivity contribution in [3.8, 4) is 0 Å². The standard InChI is InChI=1S/C12H19OSi.ClH.Mg/c1-5-14(4,13-11(2)3)12-9-7-6-8-10-12;;/h6-11H,1,5H2,2-4H3;1H;/q-1;;+2/p-1. The van der Waals surface area contributed by atoms with E-state index in [4.69, 9.17) is 4.43 Å². The smallest absolute Gasteiger partial charge is 1.00 e. The van der Waals surface area contributed by atoms with Gasteiger partial charge < -0.3 is 23.8 Å². The maximum absolute atomic E-state index is 6.05. The summed E-state index contributed by atoms with van der Waals surface area (Å²) < 4.78 is 6.05. The Balaban J connectivity index is 0. The molecule has 4 heteroatoms. The van der Waals surface area contributed by atoms with E-state index in [9.17, 15) is 0 Å². The number of rotatable bonds is 4. The van der Waals surface area contributed by atoms with Crippen LogP contribution in [0.2, 0.25) is 12.6 Å². The van der Waals surface area contributed by atoms with E-state index in [2.05, 4.69) is 51.6 Å². The molecule has 1 aromatic rings. The van der Waals surface area contributed by atoms with Crippen molar-refractivity contribution >= 4 is 36.6 Å². The van der Waals surface area contributed by atoms with Crippen molar-refractivity contribution in [1.29, 1.82) is 0 Å². The van der Waals surface area contributed by atoms with Crippen molar-refractivity contribution in [2.75, 3.05) is 0 Å². The normalized spacial score (nSPS) is 13.6. The summed E-state index contributed by atoms with van der Waals surface area (Å²) in [6.07, 6.45) is 0.286. The van der Waals surface area contributed by atoms with Crippen LogP contribution in [0.4, 0.5) is 0 Å². The molecule has 0 saturated heterocycles. The minimum Gasteiger partial charge on any atom is -1.00 e. The van der Waals surface area contributed by atoms with Gasteiger partial charge in [-0.25, -0.2) is 0 Å². The second-order valence-corrected chi connectivity index (χ2v) is 7.79. The molecular weight excluding hydrogens is 248 g/mol. The summed E-state index contributed by atoms with van der Waals surface area (Å²) in [5, 5.41) is 1.34. The van der Waals surface area contributed by atoms with Gasteiger partial charge in [0.1, 0.15) is 0 Å². The van der Waals surface area contributed by atoms with Crippen LogP contribution in [0, 0.1) is 6.92 Å². The van der Waals surface area contributed by atoms with E-state index in [1.54, 1.807) is 0 Å². The molecule has 0 spiro atoms. The van der Waals surface area contributed by atoms with Gasteiger partial charge >= 0.3 is 23.1 Å². The summed E-state index contributed by atoms with van der Waals surface area (Å²) in [6.45, 7) is 10.4. The predicted molar refractivity (Wildman–Crippen MR) is 69.8 cm³/mol. The summed E-state index contributed by atoms with van der Waals surface area (Å²) in [5.74, 6) is 0. The molecule has 16 heavy (non-hydrogen) atoms. The molecule has 0 aliphatic heterocycles. The first-order valence-electron chi connectivity index (χ1n) is 5.11. The Hall–Kier alpha value is 0.453. The zero-order chi connectivity index (χ0) is 10.6. The molecular formula is C12H19ClMgOSi. The third-order valence-corrected chi connectivity index (χ3v) is 5.86. The van der Waals surface area contributed by atoms with Crippen LogP contribution in [0.5, 0.6) is 0 Å². The molecule has 1 rings (SSSR count). The Morgan fingerprint density at radius 3 is 2.12 bits per heavy atom. The minimum atomic E-state index is -1.77. The predicted octanol–water partition coefficient (Wildman–Crippen LogP) is -0.649. The minimum absolute atomic E-state index is 0. The molecule has 0 aliphatic rings. The Morgan fingerprint density at radius 2 is 1.75 bits per heavy atom. The molecule has 0 heterocycles. The van der Waals surface area contributed by atoms with Crippen molar-refractivity contribution in [3.05, 3.63) is 37.3 Å². The monoisotopic (exact) mass is 266 g/mol. The van der Waals surface area contributed by atoms with E-state index in [0.29, 0.717) is 0 Å². The van der Waals surface area contributed by atoms with Gasteiger partial charge in [0.2, 0.25) is 0 Å². The van der Waals surface area contributed by atoms with E-state index >= 15 is 0 Å². The molecule has 1 aromatic carbocycles. The van der Waals surface area contributed by atoms with E-state index in [1.807, 2.05) is 6.07 Å². The molecule has 0 radical (unpaired) electrons. The number of hydrogen-bond donors (Lipinski definition) is 0. The van der Waals surface area contributed by atoms with Gasteiger partial charge in [-0.2, -0.15) is 6.04 Å². The SMILES string of the molecule is [CH2-]C[Si](C)(OC(C)C)c1ccccc1.[Cl-].[Mg+2]. The van der Waals surface area contributed by atoms with Crippen molar-refractivity contribution in [2.24, 2.45) is 0 Å². The second kappa shape index (κ2) is 8.53. The number of halogens is 1. The summed E-state index contributed by atoms with van der Waals surface area (Å²) in [7, 11) is -1.77. The summed E-state index contributed by atoms with van der Waals surface area (Å²) in [4.78, 5) is 0. The zero-order valence-electron chi connectivity index (χ0n) is 10.4. The Kier molecular flexibility index (Phi) is 10.0. The fourth-order valence-electron chi connectivity index (χ4n) is 1.58.